The SMILES string of the molecule is N#Cc1ccc2[nH]cc(C3CC3CN3CCCCC3)c2c1. The Morgan fingerprint density at radius 1 is 1.24 bits per heavy atom. The molecule has 108 valence electrons. The van der Waals surface area contributed by atoms with Crippen molar-refractivity contribution >= 4 is 10.9 Å². The maximum Gasteiger partial charge on any atom is 0.0991 e. The van der Waals surface area contributed by atoms with Gasteiger partial charge in [-0.05, 0) is 68.0 Å². The highest BCUT2D eigenvalue weighted by Gasteiger charge is 2.40. The molecule has 2 fully saturated rings. The number of hydrogen-bond donors (Lipinski definition) is 1. The Morgan fingerprint density at radius 2 is 2.10 bits per heavy atom. The van der Waals surface area contributed by atoms with E-state index in [1.807, 2.05) is 18.2 Å². The Labute approximate surface area is 125 Å². The second-order valence-corrected chi connectivity index (χ2v) is 6.58. The van der Waals surface area contributed by atoms with Gasteiger partial charge >= 0.3 is 0 Å². The number of piperidine rings is 1. The molecule has 2 aromatic rings. The van der Waals surface area contributed by atoms with Crippen LogP contribution in [0.15, 0.2) is 24.4 Å². The topological polar surface area (TPSA) is 42.8 Å². The van der Waals surface area contributed by atoms with Crippen molar-refractivity contribution in [3.8, 4) is 6.07 Å². The molecule has 1 saturated carbocycles. The molecule has 0 bridgehead atoms. The number of benzene rings is 1. The normalized spacial score (nSPS) is 25.9. The van der Waals surface area contributed by atoms with E-state index >= 15 is 0 Å². The van der Waals surface area contributed by atoms with Crippen LogP contribution in [-0.2, 0) is 0 Å². The molecule has 0 radical (unpaired) electrons. The minimum atomic E-state index is 0.689. The molecule has 2 heterocycles. The van der Waals surface area contributed by atoms with Crippen LogP contribution in [0, 0.1) is 17.2 Å². The number of likely N-dealkylation sites (tertiary alicyclic amines) is 1. The summed E-state index contributed by atoms with van der Waals surface area (Å²) < 4.78 is 0. The van der Waals surface area contributed by atoms with Gasteiger partial charge in [0.15, 0.2) is 0 Å². The van der Waals surface area contributed by atoms with E-state index in [1.165, 1.54) is 56.3 Å². The summed E-state index contributed by atoms with van der Waals surface area (Å²) in [5.74, 6) is 1.50. The smallest absolute Gasteiger partial charge is 0.0991 e. The van der Waals surface area contributed by atoms with Crippen LogP contribution in [0.4, 0.5) is 0 Å². The molecule has 3 heteroatoms. The molecular weight excluding hydrogens is 258 g/mol. The predicted molar refractivity (Wildman–Crippen MR) is 84.2 cm³/mol. The molecule has 1 N–H and O–H groups in total. The third-order valence-electron chi connectivity index (χ3n) is 5.11. The third-order valence-corrected chi connectivity index (χ3v) is 5.11. The van der Waals surface area contributed by atoms with Crippen LogP contribution in [-0.4, -0.2) is 29.5 Å². The van der Waals surface area contributed by atoms with Gasteiger partial charge in [0.25, 0.3) is 0 Å². The number of aromatic amines is 1. The number of aromatic nitrogens is 1. The van der Waals surface area contributed by atoms with Crippen molar-refractivity contribution in [1.82, 2.24) is 9.88 Å². The molecule has 1 saturated heterocycles. The van der Waals surface area contributed by atoms with E-state index in [4.69, 9.17) is 5.26 Å². The van der Waals surface area contributed by atoms with Gasteiger partial charge in [-0.2, -0.15) is 5.26 Å². The van der Waals surface area contributed by atoms with Gasteiger partial charge in [-0.1, -0.05) is 6.42 Å². The van der Waals surface area contributed by atoms with Crippen LogP contribution >= 0.6 is 0 Å². The Kier molecular flexibility index (Phi) is 3.20. The summed E-state index contributed by atoms with van der Waals surface area (Å²) in [7, 11) is 0. The van der Waals surface area contributed by atoms with Crippen LogP contribution in [0.25, 0.3) is 10.9 Å². The van der Waals surface area contributed by atoms with E-state index in [1.54, 1.807) is 0 Å². The molecule has 4 rings (SSSR count). The fourth-order valence-electron chi connectivity index (χ4n) is 3.82. The lowest BCUT2D eigenvalue weighted by Gasteiger charge is -2.26. The maximum absolute atomic E-state index is 9.08. The zero-order chi connectivity index (χ0) is 14.2. The number of nitrogens with zero attached hydrogens (tertiary/aromatic N) is 2. The van der Waals surface area contributed by atoms with Gasteiger partial charge in [0.2, 0.25) is 0 Å². The standard InChI is InChI=1S/C18H21N3/c19-10-13-4-5-18-16(8-13)17(11-20-18)15-9-14(15)12-21-6-2-1-3-7-21/h4-5,8,11,14-15,20H,1-3,6-7,9,12H2. The minimum absolute atomic E-state index is 0.689. The molecular formula is C18H21N3. The van der Waals surface area contributed by atoms with E-state index in [0.717, 1.165) is 17.0 Å². The van der Waals surface area contributed by atoms with Crippen LogP contribution in [0.1, 0.15) is 42.7 Å². The minimum Gasteiger partial charge on any atom is -0.361 e. The predicted octanol–water partition coefficient (Wildman–Crippen LogP) is 3.63. The van der Waals surface area contributed by atoms with Crippen LogP contribution in [0.5, 0.6) is 0 Å². The van der Waals surface area contributed by atoms with Crippen molar-refractivity contribution in [1.29, 1.82) is 5.26 Å². The Bertz CT molecular complexity index is 688. The first kappa shape index (κ1) is 12.9. The van der Waals surface area contributed by atoms with Crippen LogP contribution in [0.2, 0.25) is 0 Å². The Balaban J connectivity index is 1.51. The van der Waals surface area contributed by atoms with Crippen molar-refractivity contribution in [3.05, 3.63) is 35.5 Å². The maximum atomic E-state index is 9.08. The highest BCUT2D eigenvalue weighted by Crippen LogP contribution is 2.50. The quantitative estimate of drug-likeness (QED) is 0.932. The number of H-pyrrole nitrogens is 1. The van der Waals surface area contributed by atoms with Gasteiger partial charge in [0.1, 0.15) is 0 Å². The Morgan fingerprint density at radius 3 is 2.90 bits per heavy atom. The van der Waals surface area contributed by atoms with Crippen molar-refractivity contribution in [2.45, 2.75) is 31.6 Å². The number of rotatable bonds is 3. The zero-order valence-electron chi connectivity index (χ0n) is 12.3. The van der Waals surface area contributed by atoms with E-state index < -0.39 is 0 Å². The molecule has 2 atom stereocenters. The molecule has 1 aliphatic carbocycles. The first-order valence-corrected chi connectivity index (χ1v) is 8.08. The van der Waals surface area contributed by atoms with Gasteiger partial charge < -0.3 is 9.88 Å². The van der Waals surface area contributed by atoms with Crippen LogP contribution < -0.4 is 0 Å². The molecule has 1 aliphatic heterocycles. The van der Waals surface area contributed by atoms with E-state index in [9.17, 15) is 0 Å². The third kappa shape index (κ3) is 2.45. The molecule has 2 unspecified atom stereocenters. The van der Waals surface area contributed by atoms with Crippen molar-refractivity contribution in [3.63, 3.8) is 0 Å². The first-order chi connectivity index (χ1) is 10.3. The average molecular weight is 279 g/mol. The number of fused-ring (bicyclic) bond motifs is 1. The molecule has 0 spiro atoms. The molecule has 1 aromatic heterocycles. The zero-order valence-corrected chi connectivity index (χ0v) is 12.3. The number of nitrogens with one attached hydrogen (secondary N) is 1. The summed E-state index contributed by atoms with van der Waals surface area (Å²) in [6, 6.07) is 8.21. The van der Waals surface area contributed by atoms with Gasteiger partial charge in [-0.3, -0.25) is 0 Å². The molecule has 2 aliphatic rings. The average Bonchev–Trinajstić information content (AvgIpc) is 3.15. The van der Waals surface area contributed by atoms with Gasteiger partial charge in [0.05, 0.1) is 11.6 Å². The highest BCUT2D eigenvalue weighted by molar-refractivity contribution is 5.85. The lowest BCUT2D eigenvalue weighted by molar-refractivity contribution is 0.219. The summed E-state index contributed by atoms with van der Waals surface area (Å²) in [5, 5.41) is 10.3. The fraction of sp³-hybridized carbons (Fsp3) is 0.500. The highest BCUT2D eigenvalue weighted by atomic mass is 15.1. The number of hydrogen-bond acceptors (Lipinski definition) is 2. The lowest BCUT2D eigenvalue weighted by atomic mass is 10.0. The summed E-state index contributed by atoms with van der Waals surface area (Å²) in [6.07, 6.45) is 7.61. The summed E-state index contributed by atoms with van der Waals surface area (Å²) in [5.41, 5.74) is 3.34. The van der Waals surface area contributed by atoms with Crippen molar-refractivity contribution < 1.29 is 0 Å². The van der Waals surface area contributed by atoms with Gasteiger partial charge in [0, 0.05) is 23.6 Å². The largest absolute Gasteiger partial charge is 0.361 e. The summed E-state index contributed by atoms with van der Waals surface area (Å²) in [6.45, 7) is 3.83. The van der Waals surface area contributed by atoms with E-state index in [0.29, 0.717) is 5.92 Å². The lowest BCUT2D eigenvalue weighted by Crippen LogP contribution is -2.31. The van der Waals surface area contributed by atoms with Gasteiger partial charge in [-0.25, -0.2) is 0 Å². The molecule has 21 heavy (non-hydrogen) atoms. The molecule has 1 aromatic carbocycles. The van der Waals surface area contributed by atoms with Crippen molar-refractivity contribution in [2.75, 3.05) is 19.6 Å². The van der Waals surface area contributed by atoms with Crippen molar-refractivity contribution in [2.24, 2.45) is 5.92 Å². The number of nitriles is 1. The van der Waals surface area contributed by atoms with Gasteiger partial charge in [-0.15, -0.1) is 0 Å². The first-order valence-electron chi connectivity index (χ1n) is 8.08. The fourth-order valence-corrected chi connectivity index (χ4v) is 3.82. The summed E-state index contributed by atoms with van der Waals surface area (Å²) >= 11 is 0. The van der Waals surface area contributed by atoms with E-state index in [2.05, 4.69) is 22.1 Å². The molecule has 3 nitrogen and oxygen atoms in total. The second kappa shape index (κ2) is 5.20. The summed E-state index contributed by atoms with van der Waals surface area (Å²) in [4.78, 5) is 6.00. The van der Waals surface area contributed by atoms with E-state index in [-0.39, 0.29) is 0 Å². The molecule has 0 amide bonds. The second-order valence-electron chi connectivity index (χ2n) is 6.58. The monoisotopic (exact) mass is 279 g/mol. The van der Waals surface area contributed by atoms with Crippen LogP contribution in [0.3, 0.4) is 0 Å². The Hall–Kier alpha value is -1.79.